The van der Waals surface area contributed by atoms with E-state index in [4.69, 9.17) is 0 Å². The number of hydrogen-bond acceptors (Lipinski definition) is 2. The molecule has 0 N–H and O–H groups in total. The number of thioether (sulfide) groups is 2. The van der Waals surface area contributed by atoms with Crippen LogP contribution in [-0.4, -0.2) is 23.0 Å². The zero-order valence-electron chi connectivity index (χ0n) is 21.1. The van der Waals surface area contributed by atoms with Gasteiger partial charge in [-0.2, -0.15) is 23.5 Å². The topological polar surface area (TPSA) is 0 Å². The number of hydrogen-bond donors (Lipinski definition) is 0. The van der Waals surface area contributed by atoms with Gasteiger partial charge in [0.15, 0.2) is 0 Å². The molecule has 0 aromatic heterocycles. The first-order valence-corrected chi connectivity index (χ1v) is 16.1. The Bertz CT molecular complexity index is 308. The maximum atomic E-state index is 3.79. The van der Waals surface area contributed by atoms with Crippen molar-refractivity contribution in [3.05, 3.63) is 25.3 Å². The van der Waals surface area contributed by atoms with Gasteiger partial charge in [-0.1, -0.05) is 95.6 Å². The molecule has 2 heteroatoms. The normalized spacial score (nSPS) is 11.1. The highest BCUT2D eigenvalue weighted by Gasteiger charge is 1.96. The van der Waals surface area contributed by atoms with Gasteiger partial charge < -0.3 is 0 Å². The minimum atomic E-state index is 1.20. The van der Waals surface area contributed by atoms with E-state index in [2.05, 4.69) is 36.7 Å². The van der Waals surface area contributed by atoms with Crippen molar-refractivity contribution in [2.24, 2.45) is 0 Å². The van der Waals surface area contributed by atoms with Crippen LogP contribution < -0.4 is 0 Å². The Morgan fingerprint density at radius 1 is 0.323 bits per heavy atom. The van der Waals surface area contributed by atoms with Gasteiger partial charge >= 0.3 is 0 Å². The molecule has 0 radical (unpaired) electrons. The van der Waals surface area contributed by atoms with Crippen LogP contribution in [-0.2, 0) is 0 Å². The molecule has 0 unspecified atom stereocenters. The van der Waals surface area contributed by atoms with Gasteiger partial charge in [0, 0.05) is 0 Å². The first-order chi connectivity index (χ1) is 15.4. The summed E-state index contributed by atoms with van der Waals surface area (Å²) in [5, 5.41) is 0. The Balaban J connectivity index is 2.99. The molecule has 0 nitrogen and oxygen atoms in total. The summed E-state index contributed by atoms with van der Waals surface area (Å²) in [4.78, 5) is 0. The van der Waals surface area contributed by atoms with E-state index in [0.717, 1.165) is 0 Å². The summed E-state index contributed by atoms with van der Waals surface area (Å²) in [6.45, 7) is 7.58. The van der Waals surface area contributed by atoms with Crippen molar-refractivity contribution in [2.45, 2.75) is 135 Å². The third-order valence-corrected chi connectivity index (χ3v) is 8.28. The molecule has 0 spiro atoms. The monoisotopic (exact) mass is 468 g/mol. The zero-order valence-corrected chi connectivity index (χ0v) is 22.7. The SMILES string of the molecule is C=CCCCCCCCCSCCCCCCCCCSCCCCCCCCC=C. The molecule has 0 aromatic carbocycles. The average Bonchev–Trinajstić information content (AvgIpc) is 2.78. The van der Waals surface area contributed by atoms with Crippen LogP contribution in [0.3, 0.4) is 0 Å². The number of allylic oxidation sites excluding steroid dienone is 2. The molecule has 184 valence electrons. The average molecular weight is 469 g/mol. The van der Waals surface area contributed by atoms with Crippen LogP contribution in [0.4, 0.5) is 0 Å². The lowest BCUT2D eigenvalue weighted by molar-refractivity contribution is 0.604. The van der Waals surface area contributed by atoms with Gasteiger partial charge in [-0.3, -0.25) is 0 Å². The van der Waals surface area contributed by atoms with Crippen molar-refractivity contribution in [2.75, 3.05) is 23.0 Å². The lowest BCUT2D eigenvalue weighted by atomic mass is 10.1. The van der Waals surface area contributed by atoms with Crippen LogP contribution >= 0.6 is 23.5 Å². The van der Waals surface area contributed by atoms with Crippen LogP contribution in [0, 0.1) is 0 Å². The van der Waals surface area contributed by atoms with E-state index in [-0.39, 0.29) is 0 Å². The third-order valence-electron chi connectivity index (χ3n) is 5.97. The molecule has 0 rings (SSSR count). The van der Waals surface area contributed by atoms with Crippen LogP contribution in [0.25, 0.3) is 0 Å². The Morgan fingerprint density at radius 2 is 0.548 bits per heavy atom. The van der Waals surface area contributed by atoms with Crippen molar-refractivity contribution in [3.8, 4) is 0 Å². The maximum absolute atomic E-state index is 3.79. The fraction of sp³-hybridized carbons (Fsp3) is 0.862. The van der Waals surface area contributed by atoms with Gasteiger partial charge in [0.25, 0.3) is 0 Å². The predicted molar refractivity (Wildman–Crippen MR) is 152 cm³/mol. The molecule has 0 aliphatic carbocycles. The molecule has 0 aliphatic rings. The van der Waals surface area contributed by atoms with Crippen molar-refractivity contribution >= 4 is 23.5 Å². The van der Waals surface area contributed by atoms with Crippen molar-refractivity contribution in [1.29, 1.82) is 0 Å². The van der Waals surface area contributed by atoms with E-state index >= 15 is 0 Å². The van der Waals surface area contributed by atoms with E-state index in [9.17, 15) is 0 Å². The molecule has 0 heterocycles. The largest absolute Gasteiger partial charge is 0.162 e. The lowest BCUT2D eigenvalue weighted by Crippen LogP contribution is -1.88. The third kappa shape index (κ3) is 30.2. The van der Waals surface area contributed by atoms with Crippen LogP contribution in [0.2, 0.25) is 0 Å². The second-order valence-corrected chi connectivity index (χ2v) is 11.5. The Morgan fingerprint density at radius 3 is 0.806 bits per heavy atom. The summed E-state index contributed by atoms with van der Waals surface area (Å²) < 4.78 is 0. The highest BCUT2D eigenvalue weighted by Crippen LogP contribution is 2.15. The quantitative estimate of drug-likeness (QED) is 0.0826. The number of rotatable bonds is 28. The Kier molecular flexibility index (Phi) is 30.4. The standard InChI is InChI=1S/C29H56S2/c1-3-5-7-9-11-14-18-22-26-30-28-24-20-16-13-17-21-25-29-31-27-23-19-15-12-10-8-6-4-2/h3-4H,1-2,5-29H2. The molecule has 0 aromatic rings. The molecule has 0 atom stereocenters. The summed E-state index contributed by atoms with van der Waals surface area (Å²) in [6.07, 6.45) is 33.6. The second kappa shape index (κ2) is 30.2. The molecule has 0 saturated carbocycles. The van der Waals surface area contributed by atoms with Crippen LogP contribution in [0.5, 0.6) is 0 Å². The predicted octanol–water partition coefficient (Wildman–Crippen LogP) is 11.0. The van der Waals surface area contributed by atoms with E-state index in [1.54, 1.807) is 0 Å². The van der Waals surface area contributed by atoms with Gasteiger partial charge in [0.2, 0.25) is 0 Å². The minimum absolute atomic E-state index is 1.20. The second-order valence-electron chi connectivity index (χ2n) is 9.10. The number of unbranched alkanes of at least 4 members (excludes halogenated alkanes) is 18. The fourth-order valence-electron chi connectivity index (χ4n) is 3.90. The lowest BCUT2D eigenvalue weighted by Gasteiger charge is -2.04. The van der Waals surface area contributed by atoms with Crippen LogP contribution in [0.15, 0.2) is 25.3 Å². The minimum Gasteiger partial charge on any atom is -0.162 e. The molecular formula is C29H56S2. The van der Waals surface area contributed by atoms with E-state index < -0.39 is 0 Å². The van der Waals surface area contributed by atoms with E-state index in [1.165, 1.54) is 158 Å². The van der Waals surface area contributed by atoms with Gasteiger partial charge in [-0.15, -0.1) is 13.2 Å². The highest BCUT2D eigenvalue weighted by molar-refractivity contribution is 7.99. The summed E-state index contributed by atoms with van der Waals surface area (Å²) >= 11 is 4.39. The Hall–Kier alpha value is 0.180. The molecule has 31 heavy (non-hydrogen) atoms. The Labute approximate surface area is 206 Å². The van der Waals surface area contributed by atoms with E-state index in [0.29, 0.717) is 0 Å². The van der Waals surface area contributed by atoms with Crippen molar-refractivity contribution in [1.82, 2.24) is 0 Å². The molecule has 0 saturated heterocycles. The maximum Gasteiger partial charge on any atom is -0.00675 e. The first kappa shape index (κ1) is 31.2. The van der Waals surface area contributed by atoms with Crippen molar-refractivity contribution < 1.29 is 0 Å². The van der Waals surface area contributed by atoms with Gasteiger partial charge in [0.05, 0.1) is 0 Å². The zero-order chi connectivity index (χ0) is 22.5. The molecular weight excluding hydrogens is 412 g/mol. The van der Waals surface area contributed by atoms with Crippen LogP contribution in [0.1, 0.15) is 135 Å². The van der Waals surface area contributed by atoms with E-state index in [1.807, 2.05) is 12.2 Å². The summed E-state index contributed by atoms with van der Waals surface area (Å²) in [5.74, 6) is 5.57. The summed E-state index contributed by atoms with van der Waals surface area (Å²) in [5.41, 5.74) is 0. The molecule has 0 bridgehead atoms. The van der Waals surface area contributed by atoms with Crippen molar-refractivity contribution in [3.63, 3.8) is 0 Å². The summed E-state index contributed by atoms with van der Waals surface area (Å²) in [7, 11) is 0. The molecule has 0 amide bonds. The van der Waals surface area contributed by atoms with Gasteiger partial charge in [-0.05, 0) is 74.4 Å². The molecule has 0 fully saturated rings. The summed E-state index contributed by atoms with van der Waals surface area (Å²) in [6, 6.07) is 0. The smallest absolute Gasteiger partial charge is 0.00675 e. The van der Waals surface area contributed by atoms with Gasteiger partial charge in [0.1, 0.15) is 0 Å². The fourth-order valence-corrected chi connectivity index (χ4v) is 5.94. The molecule has 0 aliphatic heterocycles. The first-order valence-electron chi connectivity index (χ1n) is 13.8. The highest BCUT2D eigenvalue weighted by atomic mass is 32.2. The van der Waals surface area contributed by atoms with Gasteiger partial charge in [-0.25, -0.2) is 0 Å².